The molecule has 1 aromatic rings. The van der Waals surface area contributed by atoms with Gasteiger partial charge in [0.05, 0.1) is 5.69 Å². The topological polar surface area (TPSA) is 74.3 Å². The second kappa shape index (κ2) is 7.53. The van der Waals surface area contributed by atoms with Crippen molar-refractivity contribution in [3.8, 4) is 5.75 Å². The fourth-order valence-electron chi connectivity index (χ4n) is 2.61. The lowest BCUT2D eigenvalue weighted by molar-refractivity contribution is -0.327. The Kier molecular flexibility index (Phi) is 5.80. The van der Waals surface area contributed by atoms with Gasteiger partial charge in [0.1, 0.15) is 5.60 Å². The fourth-order valence-corrected chi connectivity index (χ4v) is 2.61. The van der Waals surface area contributed by atoms with E-state index in [1.165, 1.54) is 6.07 Å². The van der Waals surface area contributed by atoms with Gasteiger partial charge < -0.3 is 29.7 Å². The van der Waals surface area contributed by atoms with Crippen LogP contribution in [0.2, 0.25) is 0 Å². The zero-order chi connectivity index (χ0) is 19.5. The Hall–Kier alpha value is -2.29. The van der Waals surface area contributed by atoms with Gasteiger partial charge in [0.25, 0.3) is 0 Å². The van der Waals surface area contributed by atoms with Gasteiger partial charge in [-0.1, -0.05) is 0 Å². The van der Waals surface area contributed by atoms with Crippen LogP contribution in [0.25, 0.3) is 0 Å². The van der Waals surface area contributed by atoms with Crippen molar-refractivity contribution in [2.75, 3.05) is 43.4 Å². The van der Waals surface area contributed by atoms with Crippen molar-refractivity contribution in [3.63, 3.8) is 0 Å². The molecule has 0 aliphatic carbocycles. The summed E-state index contributed by atoms with van der Waals surface area (Å²) in [6, 6.07) is 4.65. The maximum Gasteiger partial charge on any atom is 0.532 e. The molecule has 0 atom stereocenters. The van der Waals surface area contributed by atoms with Crippen molar-refractivity contribution >= 4 is 17.5 Å². The normalized spacial score (nSPS) is 15.7. The molecule has 1 heterocycles. The average molecular weight is 373 g/mol. The van der Waals surface area contributed by atoms with E-state index in [0.29, 0.717) is 31.9 Å². The molecule has 1 fully saturated rings. The number of carbonyl (C=O) groups excluding carboxylic acids is 1. The first-order chi connectivity index (χ1) is 12.0. The number of hydrogen-bond acceptors (Lipinski definition) is 6. The summed E-state index contributed by atoms with van der Waals surface area (Å²) in [5.41, 5.74) is 0.582. The number of aliphatic hydroxyl groups is 1. The summed E-state index contributed by atoms with van der Waals surface area (Å²) < 4.78 is 34.9. The van der Waals surface area contributed by atoms with Gasteiger partial charge in [-0.25, -0.2) is 4.79 Å². The van der Waals surface area contributed by atoms with E-state index < -0.39 is 11.9 Å². The summed E-state index contributed by atoms with van der Waals surface area (Å²) in [5.74, 6) is -0.156. The molecule has 1 amide bonds. The molecule has 0 spiro atoms. The van der Waals surface area contributed by atoms with Crippen molar-refractivity contribution in [1.82, 2.24) is 4.90 Å². The number of nitrogens with one attached hydrogen (secondary N) is 1. The van der Waals surface area contributed by atoms with E-state index in [1.54, 1.807) is 24.1 Å². The number of piperazine rings is 1. The van der Waals surface area contributed by atoms with Crippen LogP contribution in [0, 0.1) is 0 Å². The molecule has 7 nitrogen and oxygen atoms in total. The van der Waals surface area contributed by atoms with Gasteiger partial charge in [-0.05, 0) is 39.0 Å². The monoisotopic (exact) mass is 373 g/mol. The molecule has 0 saturated carbocycles. The molecule has 1 saturated heterocycles. The number of amides is 1. The molecule has 0 bridgehead atoms. The number of hydrogen-bond donors (Lipinski definition) is 2. The highest BCUT2D eigenvalue weighted by atomic mass is 19.3. The molecular formula is C17H25F2N3O4. The molecule has 0 aromatic heterocycles. The Morgan fingerprint density at radius 3 is 2.31 bits per heavy atom. The smallest absolute Gasteiger partial charge is 0.444 e. The van der Waals surface area contributed by atoms with Crippen LogP contribution in [0.3, 0.4) is 0 Å². The lowest BCUT2D eigenvalue weighted by atomic mass is 10.2. The lowest BCUT2D eigenvalue weighted by Crippen LogP contribution is -2.50. The Morgan fingerprint density at radius 1 is 1.19 bits per heavy atom. The van der Waals surface area contributed by atoms with Crippen molar-refractivity contribution in [3.05, 3.63) is 18.2 Å². The van der Waals surface area contributed by atoms with Crippen LogP contribution in [-0.4, -0.2) is 61.2 Å². The maximum absolute atomic E-state index is 12.7. The van der Waals surface area contributed by atoms with Crippen LogP contribution in [0.4, 0.5) is 25.0 Å². The quantitative estimate of drug-likeness (QED) is 0.791. The molecule has 1 aromatic carbocycles. The third kappa shape index (κ3) is 5.62. The summed E-state index contributed by atoms with van der Waals surface area (Å²) in [6.45, 7) is 7.62. The molecule has 0 unspecified atom stereocenters. The average Bonchev–Trinajstić information content (AvgIpc) is 2.52. The zero-order valence-electron chi connectivity index (χ0n) is 15.4. The molecule has 26 heavy (non-hydrogen) atoms. The molecule has 2 rings (SSSR count). The molecule has 2 N–H and O–H groups in total. The van der Waals surface area contributed by atoms with Crippen LogP contribution in [-0.2, 0) is 4.74 Å². The van der Waals surface area contributed by atoms with E-state index in [4.69, 9.17) is 9.84 Å². The van der Waals surface area contributed by atoms with Gasteiger partial charge in [-0.2, -0.15) is 0 Å². The molecular weight excluding hydrogens is 348 g/mol. The first-order valence-corrected chi connectivity index (χ1v) is 8.32. The van der Waals surface area contributed by atoms with E-state index in [1.807, 2.05) is 25.7 Å². The molecule has 0 radical (unpaired) electrons. The van der Waals surface area contributed by atoms with Crippen molar-refractivity contribution in [2.24, 2.45) is 0 Å². The second-order valence-electron chi connectivity index (χ2n) is 6.97. The van der Waals surface area contributed by atoms with Crippen molar-refractivity contribution in [1.29, 1.82) is 0 Å². The van der Waals surface area contributed by atoms with Gasteiger partial charge in [-0.3, -0.25) is 0 Å². The Morgan fingerprint density at radius 2 is 1.81 bits per heavy atom. The fraction of sp³-hybridized carbons (Fsp3) is 0.588. The molecule has 1 aliphatic heterocycles. The summed E-state index contributed by atoms with van der Waals surface area (Å²) in [4.78, 5) is 15.8. The zero-order valence-corrected chi connectivity index (χ0v) is 15.4. The van der Waals surface area contributed by atoms with Gasteiger partial charge in [0, 0.05) is 38.9 Å². The Balaban J connectivity index is 2.02. The first kappa shape index (κ1) is 20.0. The minimum absolute atomic E-state index is 0.156. The van der Waals surface area contributed by atoms with Gasteiger partial charge in [0.2, 0.25) is 0 Å². The summed E-state index contributed by atoms with van der Waals surface area (Å²) in [5, 5.41) is 11.3. The molecule has 1 aliphatic rings. The largest absolute Gasteiger partial charge is 0.532 e. The number of carbonyl (C=O) groups is 1. The van der Waals surface area contributed by atoms with Gasteiger partial charge in [-0.15, -0.1) is 8.78 Å². The predicted molar refractivity (Wildman–Crippen MR) is 93.8 cm³/mol. The molecule has 9 heteroatoms. The van der Waals surface area contributed by atoms with Crippen LogP contribution < -0.4 is 15.0 Å². The minimum atomic E-state index is -4.24. The van der Waals surface area contributed by atoms with Gasteiger partial charge >= 0.3 is 12.4 Å². The lowest BCUT2D eigenvalue weighted by Gasteiger charge is -2.37. The summed E-state index contributed by atoms with van der Waals surface area (Å²) >= 11 is 0. The molecule has 146 valence electrons. The Bertz CT molecular complexity index is 636. The third-order valence-corrected chi connectivity index (χ3v) is 3.76. The number of halogens is 2. The summed E-state index contributed by atoms with van der Waals surface area (Å²) in [6.07, 6.45) is -4.59. The van der Waals surface area contributed by atoms with Crippen LogP contribution in [0.1, 0.15) is 20.8 Å². The number of anilines is 2. The van der Waals surface area contributed by atoms with Crippen molar-refractivity contribution < 1.29 is 28.2 Å². The number of rotatable bonds is 4. The number of alkyl halides is 2. The number of ether oxygens (including phenoxy) is 2. The van der Waals surface area contributed by atoms with Gasteiger partial charge in [0.15, 0.2) is 5.75 Å². The van der Waals surface area contributed by atoms with Crippen LogP contribution >= 0.6 is 0 Å². The standard InChI is InChI=1S/C17H25F2N3O4/c1-16(2,3)26-15(23)22-9-7-21(8-10-22)12-5-6-14(13(11-12)20-4)25-17(18,19)24/h5-6,11,20,24H,7-10H2,1-4H3. The Labute approximate surface area is 151 Å². The SMILES string of the molecule is CNc1cc(N2CCN(C(=O)OC(C)(C)C)CC2)ccc1OC(O)(F)F. The summed E-state index contributed by atoms with van der Waals surface area (Å²) in [7, 11) is 1.57. The highest BCUT2D eigenvalue weighted by Gasteiger charge is 2.30. The highest BCUT2D eigenvalue weighted by Crippen LogP contribution is 2.32. The third-order valence-electron chi connectivity index (χ3n) is 3.76. The van der Waals surface area contributed by atoms with E-state index in [-0.39, 0.29) is 11.8 Å². The predicted octanol–water partition coefficient (Wildman–Crippen LogP) is 2.71. The van der Waals surface area contributed by atoms with Crippen LogP contribution in [0.5, 0.6) is 5.75 Å². The van der Waals surface area contributed by atoms with E-state index >= 15 is 0 Å². The van der Waals surface area contributed by atoms with Crippen LogP contribution in [0.15, 0.2) is 18.2 Å². The number of nitrogens with zero attached hydrogens (tertiary/aromatic N) is 2. The maximum atomic E-state index is 12.7. The van der Waals surface area contributed by atoms with E-state index in [9.17, 15) is 13.6 Å². The first-order valence-electron chi connectivity index (χ1n) is 8.32. The minimum Gasteiger partial charge on any atom is -0.444 e. The number of benzene rings is 1. The second-order valence-corrected chi connectivity index (χ2v) is 6.97. The van der Waals surface area contributed by atoms with Crippen molar-refractivity contribution in [2.45, 2.75) is 32.7 Å². The van der Waals surface area contributed by atoms with E-state index in [2.05, 4.69) is 10.1 Å². The highest BCUT2D eigenvalue weighted by molar-refractivity contribution is 5.69. The van der Waals surface area contributed by atoms with E-state index in [0.717, 1.165) is 5.69 Å².